The van der Waals surface area contributed by atoms with Gasteiger partial charge in [-0.2, -0.15) is 0 Å². The summed E-state index contributed by atoms with van der Waals surface area (Å²) in [6, 6.07) is 10.9. The third-order valence-corrected chi connectivity index (χ3v) is 3.45. The fourth-order valence-electron chi connectivity index (χ4n) is 2.52. The first-order valence-corrected chi connectivity index (χ1v) is 6.51. The first-order chi connectivity index (χ1) is 7.62. The number of benzene rings is 1. The van der Waals surface area contributed by atoms with E-state index in [1.807, 2.05) is 0 Å². The Balaban J connectivity index is 0.00000256. The molecule has 0 aliphatic carbocycles. The van der Waals surface area contributed by atoms with E-state index in [1.54, 1.807) is 0 Å². The van der Waals surface area contributed by atoms with Crippen LogP contribution in [0.1, 0.15) is 33.3 Å². The van der Waals surface area contributed by atoms with Gasteiger partial charge in [0.1, 0.15) is 6.54 Å². The molecule has 98 valence electrons. The van der Waals surface area contributed by atoms with E-state index >= 15 is 0 Å². The monoisotopic (exact) mass is 255 g/mol. The summed E-state index contributed by atoms with van der Waals surface area (Å²) in [4.78, 5) is 0. The van der Waals surface area contributed by atoms with E-state index in [9.17, 15) is 0 Å². The zero-order valence-corrected chi connectivity index (χ0v) is 12.4. The fourth-order valence-corrected chi connectivity index (χ4v) is 2.52. The molecule has 17 heavy (non-hydrogen) atoms. The van der Waals surface area contributed by atoms with Crippen molar-refractivity contribution in [3.8, 4) is 0 Å². The molecule has 0 saturated heterocycles. The minimum atomic E-state index is 0. The van der Waals surface area contributed by atoms with E-state index in [-0.39, 0.29) is 12.4 Å². The lowest BCUT2D eigenvalue weighted by Crippen LogP contribution is -3.00. The molecule has 0 aromatic heterocycles. The second-order valence-corrected chi connectivity index (χ2v) is 5.19. The van der Waals surface area contributed by atoms with Crippen molar-refractivity contribution in [2.24, 2.45) is 5.92 Å². The van der Waals surface area contributed by atoms with Gasteiger partial charge in [0.2, 0.25) is 0 Å². The van der Waals surface area contributed by atoms with Crippen molar-refractivity contribution < 1.29 is 16.9 Å². The molecule has 0 radical (unpaired) electrons. The Morgan fingerprint density at radius 1 is 1.00 bits per heavy atom. The maximum absolute atomic E-state index is 2.32. The van der Waals surface area contributed by atoms with Crippen molar-refractivity contribution in [1.29, 1.82) is 0 Å². The van der Waals surface area contributed by atoms with Crippen LogP contribution in [-0.4, -0.2) is 24.1 Å². The summed E-state index contributed by atoms with van der Waals surface area (Å²) in [5.41, 5.74) is 1.46. The molecule has 0 bridgehead atoms. The van der Waals surface area contributed by atoms with Gasteiger partial charge in [0.15, 0.2) is 0 Å². The predicted molar refractivity (Wildman–Crippen MR) is 71.2 cm³/mol. The van der Waals surface area contributed by atoms with Gasteiger partial charge >= 0.3 is 0 Å². The second-order valence-electron chi connectivity index (χ2n) is 5.19. The van der Waals surface area contributed by atoms with Crippen molar-refractivity contribution in [2.45, 2.75) is 34.2 Å². The maximum atomic E-state index is 2.32. The first-order valence-electron chi connectivity index (χ1n) is 6.51. The molecule has 0 amide bonds. The van der Waals surface area contributed by atoms with E-state index in [2.05, 4.69) is 58.0 Å². The van der Waals surface area contributed by atoms with Crippen LogP contribution in [0, 0.1) is 5.92 Å². The summed E-state index contributed by atoms with van der Waals surface area (Å²) >= 11 is 0. The van der Waals surface area contributed by atoms with Crippen LogP contribution in [-0.2, 0) is 6.54 Å². The van der Waals surface area contributed by atoms with Gasteiger partial charge in [0, 0.05) is 11.5 Å². The Labute approximate surface area is 113 Å². The van der Waals surface area contributed by atoms with E-state index in [4.69, 9.17) is 0 Å². The van der Waals surface area contributed by atoms with Gasteiger partial charge in [-0.25, -0.2) is 0 Å². The number of hydrogen-bond donors (Lipinski definition) is 0. The Hall–Kier alpha value is -0.530. The Kier molecular flexibility index (Phi) is 7.49. The minimum absolute atomic E-state index is 0. The summed E-state index contributed by atoms with van der Waals surface area (Å²) < 4.78 is 1.21. The lowest BCUT2D eigenvalue weighted by Gasteiger charge is -2.38. The highest BCUT2D eigenvalue weighted by Gasteiger charge is 2.24. The van der Waals surface area contributed by atoms with Crippen molar-refractivity contribution in [1.82, 2.24) is 0 Å². The van der Waals surface area contributed by atoms with Crippen LogP contribution < -0.4 is 12.4 Å². The van der Waals surface area contributed by atoms with Crippen LogP contribution in [0.25, 0.3) is 0 Å². The van der Waals surface area contributed by atoms with Gasteiger partial charge in [0.05, 0.1) is 19.6 Å². The second kappa shape index (κ2) is 7.73. The summed E-state index contributed by atoms with van der Waals surface area (Å²) in [6.07, 6.45) is 0. The molecule has 1 aromatic rings. The van der Waals surface area contributed by atoms with Gasteiger partial charge in [-0.3, -0.25) is 0 Å². The van der Waals surface area contributed by atoms with Gasteiger partial charge in [-0.15, -0.1) is 0 Å². The molecule has 0 unspecified atom stereocenters. The summed E-state index contributed by atoms with van der Waals surface area (Å²) in [5, 5.41) is 0. The topological polar surface area (TPSA) is 0 Å². The van der Waals surface area contributed by atoms with E-state index in [1.165, 1.54) is 36.2 Å². The Morgan fingerprint density at radius 3 is 1.94 bits per heavy atom. The number of rotatable bonds is 6. The van der Waals surface area contributed by atoms with Gasteiger partial charge in [-0.05, 0) is 13.8 Å². The predicted octanol–water partition coefficient (Wildman–Crippen LogP) is 0.703. The van der Waals surface area contributed by atoms with Crippen molar-refractivity contribution >= 4 is 0 Å². The highest BCUT2D eigenvalue weighted by Crippen LogP contribution is 2.17. The lowest BCUT2D eigenvalue weighted by atomic mass is 10.1. The van der Waals surface area contributed by atoms with Gasteiger partial charge < -0.3 is 16.9 Å². The highest BCUT2D eigenvalue weighted by atomic mass is 35.5. The molecule has 1 nitrogen and oxygen atoms in total. The quantitative estimate of drug-likeness (QED) is 0.657. The molecule has 0 spiro atoms. The van der Waals surface area contributed by atoms with E-state index < -0.39 is 0 Å². The molecule has 1 aromatic carbocycles. The number of nitrogens with zero attached hydrogens (tertiary/aromatic N) is 1. The van der Waals surface area contributed by atoms with Crippen LogP contribution >= 0.6 is 0 Å². The molecule has 1 rings (SSSR count). The largest absolute Gasteiger partial charge is 1.00 e. The molecular formula is C15H26ClN. The van der Waals surface area contributed by atoms with Crippen LogP contribution in [0.15, 0.2) is 30.3 Å². The smallest absolute Gasteiger partial charge is 0.104 e. The number of quaternary nitrogens is 1. The third kappa shape index (κ3) is 5.10. The van der Waals surface area contributed by atoms with Crippen molar-refractivity contribution in [3.63, 3.8) is 0 Å². The van der Waals surface area contributed by atoms with E-state index in [0.717, 1.165) is 5.92 Å². The Bertz CT molecular complexity index is 291. The number of halogens is 1. The maximum Gasteiger partial charge on any atom is 0.104 e. The zero-order chi connectivity index (χ0) is 12.0. The first kappa shape index (κ1) is 16.5. The lowest BCUT2D eigenvalue weighted by molar-refractivity contribution is -0.940. The molecule has 0 fully saturated rings. The third-order valence-electron chi connectivity index (χ3n) is 3.45. The SMILES string of the molecule is CC[N+](CC)(Cc1ccccc1)CC(C)C.[Cl-]. The fraction of sp³-hybridized carbons (Fsp3) is 0.600. The average Bonchev–Trinajstić information content (AvgIpc) is 2.29. The van der Waals surface area contributed by atoms with E-state index in [0.29, 0.717) is 0 Å². The standard InChI is InChI=1S/C15H26N.ClH/c1-5-16(6-2,12-14(3)4)13-15-10-8-7-9-11-15;/h7-11,14H,5-6,12-13H2,1-4H3;1H/q+1;/p-1. The normalized spacial score (nSPS) is 11.4. The summed E-state index contributed by atoms with van der Waals surface area (Å²) in [5.74, 6) is 0.767. The Morgan fingerprint density at radius 2 is 1.53 bits per heavy atom. The molecule has 0 saturated carbocycles. The average molecular weight is 256 g/mol. The number of hydrogen-bond acceptors (Lipinski definition) is 0. The summed E-state index contributed by atoms with van der Waals surface area (Å²) in [7, 11) is 0. The van der Waals surface area contributed by atoms with Gasteiger partial charge in [-0.1, -0.05) is 44.2 Å². The minimum Gasteiger partial charge on any atom is -1.00 e. The molecule has 0 N–H and O–H groups in total. The molecule has 0 heterocycles. The van der Waals surface area contributed by atoms with Crippen LogP contribution in [0.3, 0.4) is 0 Å². The van der Waals surface area contributed by atoms with Crippen molar-refractivity contribution in [2.75, 3.05) is 19.6 Å². The summed E-state index contributed by atoms with van der Waals surface area (Å²) in [6.45, 7) is 14.2. The van der Waals surface area contributed by atoms with Crippen LogP contribution in [0.4, 0.5) is 0 Å². The van der Waals surface area contributed by atoms with Crippen LogP contribution in [0.2, 0.25) is 0 Å². The van der Waals surface area contributed by atoms with Crippen molar-refractivity contribution in [3.05, 3.63) is 35.9 Å². The molecular weight excluding hydrogens is 230 g/mol. The molecule has 0 aliphatic heterocycles. The van der Waals surface area contributed by atoms with Gasteiger partial charge in [0.25, 0.3) is 0 Å². The highest BCUT2D eigenvalue weighted by molar-refractivity contribution is 5.13. The molecule has 2 heteroatoms. The van der Waals surface area contributed by atoms with Crippen LogP contribution in [0.5, 0.6) is 0 Å². The molecule has 0 atom stereocenters. The molecule has 0 aliphatic rings. The zero-order valence-electron chi connectivity index (χ0n) is 11.6.